The molecule has 35 heavy (non-hydrogen) atoms. The van der Waals surface area contributed by atoms with Crippen molar-refractivity contribution in [2.24, 2.45) is 16.6 Å². The molecule has 0 saturated heterocycles. The fraction of sp³-hybridized carbons (Fsp3) is 0.393. The number of rotatable bonds is 8. The number of hydrogen-bond donors (Lipinski definition) is 5. The van der Waals surface area contributed by atoms with Crippen molar-refractivity contribution in [2.75, 3.05) is 0 Å². The number of amides is 1. The van der Waals surface area contributed by atoms with Crippen LogP contribution in [0.1, 0.15) is 69.2 Å². The van der Waals surface area contributed by atoms with Crippen LogP contribution in [0, 0.1) is 18.3 Å². The molecule has 0 aliphatic heterocycles. The number of H-pyrrole nitrogens is 1. The molecule has 0 bridgehead atoms. The van der Waals surface area contributed by atoms with Crippen LogP contribution in [0.4, 0.5) is 0 Å². The molecule has 7 nitrogen and oxygen atoms in total. The van der Waals surface area contributed by atoms with E-state index in [9.17, 15) is 9.90 Å². The van der Waals surface area contributed by atoms with Crippen molar-refractivity contribution in [2.45, 2.75) is 65.8 Å². The van der Waals surface area contributed by atoms with Gasteiger partial charge in [-0.1, -0.05) is 44.2 Å². The number of hydrogen-bond acceptors (Lipinski definition) is 4. The molecule has 0 fully saturated rings. The van der Waals surface area contributed by atoms with Crippen LogP contribution in [0.15, 0.2) is 35.5 Å². The summed E-state index contributed by atoms with van der Waals surface area (Å²) in [6.07, 6.45) is 9.33. The Labute approximate surface area is 207 Å². The van der Waals surface area contributed by atoms with Gasteiger partial charge in [-0.2, -0.15) is 0 Å². The predicted octanol–water partition coefficient (Wildman–Crippen LogP) is 3.13. The minimum Gasteiger partial charge on any atom is -0.494 e. The predicted molar refractivity (Wildman–Crippen MR) is 143 cm³/mol. The molecule has 1 aromatic carbocycles. The van der Waals surface area contributed by atoms with Crippen molar-refractivity contribution in [3.8, 4) is 5.88 Å². The number of nitrogens with zero attached hydrogens (tertiary/aromatic N) is 1. The van der Waals surface area contributed by atoms with E-state index in [4.69, 9.17) is 11.1 Å². The Morgan fingerprint density at radius 2 is 2.03 bits per heavy atom. The Balaban J connectivity index is 2.01. The zero-order valence-corrected chi connectivity index (χ0v) is 21.5. The molecule has 6 N–H and O–H groups in total. The van der Waals surface area contributed by atoms with E-state index in [0.717, 1.165) is 23.4 Å². The van der Waals surface area contributed by atoms with E-state index < -0.39 is 11.4 Å². The molecule has 3 rings (SSSR count). The highest BCUT2D eigenvalue weighted by atomic mass is 16.3. The zero-order valence-electron chi connectivity index (χ0n) is 21.5. The van der Waals surface area contributed by atoms with Gasteiger partial charge in [-0.05, 0) is 69.2 Å². The summed E-state index contributed by atoms with van der Waals surface area (Å²) >= 11 is 0. The second-order valence-electron chi connectivity index (χ2n) is 9.70. The molecule has 1 amide bonds. The smallest absolute Gasteiger partial charge is 0.242 e. The maximum absolute atomic E-state index is 11.4. The molecule has 1 aromatic heterocycles. The summed E-state index contributed by atoms with van der Waals surface area (Å²) in [6.45, 7) is 11.6. The number of fused-ring (bicyclic) bond motifs is 1. The van der Waals surface area contributed by atoms with Crippen molar-refractivity contribution < 1.29 is 9.90 Å². The summed E-state index contributed by atoms with van der Waals surface area (Å²) in [4.78, 5) is 18.9. The van der Waals surface area contributed by atoms with Gasteiger partial charge in [0.15, 0.2) is 5.88 Å². The Bertz CT molecular complexity index is 1310. The number of aliphatic imine (C=N–C) groups is 1. The maximum atomic E-state index is 11.4. The summed E-state index contributed by atoms with van der Waals surface area (Å²) in [5, 5.41) is 23.6. The number of benzene rings is 1. The highest BCUT2D eigenvalue weighted by Crippen LogP contribution is 2.34. The van der Waals surface area contributed by atoms with Gasteiger partial charge in [-0.3, -0.25) is 10.2 Å². The van der Waals surface area contributed by atoms with Gasteiger partial charge < -0.3 is 21.1 Å². The zero-order chi connectivity index (χ0) is 25.9. The van der Waals surface area contributed by atoms with Crippen LogP contribution in [0.25, 0.3) is 12.2 Å². The lowest BCUT2D eigenvalue weighted by atomic mass is 9.78. The van der Waals surface area contributed by atoms with Crippen molar-refractivity contribution in [3.05, 3.63) is 63.3 Å². The topological polar surface area (TPSA) is 127 Å². The molecule has 1 aliphatic carbocycles. The van der Waals surface area contributed by atoms with Crippen molar-refractivity contribution in [1.82, 2.24) is 10.3 Å². The van der Waals surface area contributed by atoms with Crippen LogP contribution < -0.4 is 21.6 Å². The van der Waals surface area contributed by atoms with Crippen LogP contribution in [-0.4, -0.2) is 33.1 Å². The molecule has 0 spiro atoms. The number of amidine groups is 1. The lowest BCUT2D eigenvalue weighted by Crippen LogP contribution is -2.48. The lowest BCUT2D eigenvalue weighted by molar-refractivity contribution is -0.122. The van der Waals surface area contributed by atoms with Gasteiger partial charge >= 0.3 is 0 Å². The van der Waals surface area contributed by atoms with E-state index in [0.29, 0.717) is 17.2 Å². The van der Waals surface area contributed by atoms with Gasteiger partial charge in [0.25, 0.3) is 0 Å². The molecular formula is C28H37N5O2. The number of aromatic hydroxyl groups is 1. The fourth-order valence-electron chi connectivity index (χ4n) is 4.45. The monoisotopic (exact) mass is 475 g/mol. The highest BCUT2D eigenvalue weighted by Gasteiger charge is 2.25. The lowest BCUT2D eigenvalue weighted by Gasteiger charge is -2.25. The van der Waals surface area contributed by atoms with E-state index in [2.05, 4.69) is 66.4 Å². The number of aromatic amines is 1. The third-order valence-corrected chi connectivity index (χ3v) is 6.77. The minimum atomic E-state index is -0.934. The number of aryl methyl sites for hydroxylation is 2. The Kier molecular flexibility index (Phi) is 7.68. The fourth-order valence-corrected chi connectivity index (χ4v) is 4.45. The summed E-state index contributed by atoms with van der Waals surface area (Å²) in [7, 11) is 0. The minimum absolute atomic E-state index is 0.0149. The number of carbonyl (C=O) groups is 1. The third kappa shape index (κ3) is 5.56. The van der Waals surface area contributed by atoms with E-state index in [1.165, 1.54) is 29.0 Å². The van der Waals surface area contributed by atoms with Gasteiger partial charge in [0.1, 0.15) is 11.4 Å². The van der Waals surface area contributed by atoms with Crippen molar-refractivity contribution in [3.63, 3.8) is 0 Å². The molecule has 1 aliphatic rings. The van der Waals surface area contributed by atoms with Gasteiger partial charge in [0, 0.05) is 22.7 Å². The Morgan fingerprint density at radius 3 is 2.66 bits per heavy atom. The number of nitrogens with two attached hydrogens (primary N) is 1. The third-order valence-electron chi connectivity index (χ3n) is 6.77. The van der Waals surface area contributed by atoms with Crippen molar-refractivity contribution in [1.29, 1.82) is 5.41 Å². The van der Waals surface area contributed by atoms with Gasteiger partial charge in [-0.15, -0.1) is 0 Å². The first kappa shape index (κ1) is 26.0. The molecule has 7 heteroatoms. The van der Waals surface area contributed by atoms with E-state index in [-0.39, 0.29) is 17.6 Å². The first-order valence-electron chi connectivity index (χ1n) is 12.1. The summed E-state index contributed by atoms with van der Waals surface area (Å²) in [5.41, 5.74) is 9.42. The summed E-state index contributed by atoms with van der Waals surface area (Å²) in [5.74, 6) is 0.0169. The van der Waals surface area contributed by atoms with E-state index in [1.54, 1.807) is 20.8 Å². The number of primary amides is 1. The van der Waals surface area contributed by atoms with Crippen LogP contribution in [-0.2, 0) is 11.2 Å². The first-order chi connectivity index (χ1) is 16.5. The maximum Gasteiger partial charge on any atom is 0.242 e. The normalized spacial score (nSPS) is 18.1. The van der Waals surface area contributed by atoms with Crippen LogP contribution in [0.3, 0.4) is 0 Å². The standard InChI is InChI=1S/C28H37N5O2/c1-7-18-10-9-16(3)20(13-18)21-15-22-23(14-19(21)8-2)33-26(34)25(22)17(4)32-24(29)11-12-31-28(5,6)27(30)35/h9-15,19,21,29,31,33-34H,7-8H2,1-6H3,(H2,30,35)/b12-11-,29-24?,32-17?. The summed E-state index contributed by atoms with van der Waals surface area (Å²) in [6, 6.07) is 6.67. The molecular weight excluding hydrogens is 438 g/mol. The van der Waals surface area contributed by atoms with Gasteiger partial charge in [0.2, 0.25) is 5.91 Å². The summed E-state index contributed by atoms with van der Waals surface area (Å²) < 4.78 is 0. The average molecular weight is 476 g/mol. The van der Waals surface area contributed by atoms with E-state index in [1.807, 2.05) is 0 Å². The van der Waals surface area contributed by atoms with Gasteiger partial charge in [0.05, 0.1) is 11.3 Å². The second-order valence-corrected chi connectivity index (χ2v) is 9.70. The number of aromatic nitrogens is 1. The number of carbonyl (C=O) groups excluding carboxylic acids is 1. The quantitative estimate of drug-likeness (QED) is 0.297. The Hall–Kier alpha value is -3.61. The van der Waals surface area contributed by atoms with Gasteiger partial charge in [-0.25, -0.2) is 4.99 Å². The molecule has 2 unspecified atom stereocenters. The molecule has 0 radical (unpaired) electrons. The largest absolute Gasteiger partial charge is 0.494 e. The van der Waals surface area contributed by atoms with Crippen molar-refractivity contribution >= 4 is 29.6 Å². The molecule has 0 saturated carbocycles. The number of nitrogens with one attached hydrogen (secondary N) is 3. The second kappa shape index (κ2) is 10.3. The van der Waals surface area contributed by atoms with Crippen LogP contribution in [0.2, 0.25) is 0 Å². The Morgan fingerprint density at radius 1 is 1.31 bits per heavy atom. The molecule has 2 atom stereocenters. The van der Waals surface area contributed by atoms with E-state index >= 15 is 0 Å². The van der Waals surface area contributed by atoms with Crippen LogP contribution in [0.5, 0.6) is 5.88 Å². The molecule has 186 valence electrons. The SMILES string of the molecule is CCc1ccc(C)c(C2C=c3c(C(C)=NC(=N)/C=C\NC(C)(C)C(N)=O)c(O)[nH]c3=CC2CC)c1. The highest BCUT2D eigenvalue weighted by molar-refractivity contribution is 6.09. The molecule has 2 aromatic rings. The average Bonchev–Trinajstić information content (AvgIpc) is 3.12. The van der Waals surface area contributed by atoms with Crippen LogP contribution >= 0.6 is 0 Å². The molecule has 1 heterocycles. The first-order valence-corrected chi connectivity index (χ1v) is 12.1.